The fraction of sp³-hybridized carbons (Fsp3) is 0.667. The van der Waals surface area contributed by atoms with Crippen LogP contribution in [0.5, 0.6) is 0 Å². The molecule has 0 aromatic heterocycles. The average molecular weight is 857 g/mol. The molecule has 9 heteroatoms. The number of amides is 1. The van der Waals surface area contributed by atoms with Crippen LogP contribution in [0.3, 0.4) is 0 Å². The van der Waals surface area contributed by atoms with Gasteiger partial charge in [-0.05, 0) is 77.0 Å². The zero-order valence-electron chi connectivity index (χ0n) is 38.9. The Bertz CT molecular complexity index is 1290. The third-order valence-electron chi connectivity index (χ3n) is 9.84. The number of rotatable bonds is 41. The number of carbonyl (C=O) groups is 1. The van der Waals surface area contributed by atoms with Crippen LogP contribution in [0.2, 0.25) is 0 Å². The van der Waals surface area contributed by atoms with E-state index in [1.54, 1.807) is 0 Å². The van der Waals surface area contributed by atoms with Gasteiger partial charge in [0.05, 0.1) is 39.9 Å². The lowest BCUT2D eigenvalue weighted by atomic mass is 10.0. The van der Waals surface area contributed by atoms with Gasteiger partial charge in [0.2, 0.25) is 5.91 Å². The number of phosphoric ester groups is 1. The minimum Gasteiger partial charge on any atom is -0.756 e. The molecule has 0 aromatic carbocycles. The topological polar surface area (TPSA) is 108 Å². The van der Waals surface area contributed by atoms with E-state index >= 15 is 0 Å². The lowest BCUT2D eigenvalue weighted by Gasteiger charge is -2.30. The molecule has 1 amide bonds. The van der Waals surface area contributed by atoms with E-state index in [0.29, 0.717) is 30.3 Å². The summed E-state index contributed by atoms with van der Waals surface area (Å²) in [6.45, 7) is 4.53. The number of quaternary nitrogens is 1. The van der Waals surface area contributed by atoms with Gasteiger partial charge in [-0.15, -0.1) is 0 Å². The van der Waals surface area contributed by atoms with Crippen molar-refractivity contribution in [3.63, 3.8) is 0 Å². The predicted octanol–water partition coefficient (Wildman–Crippen LogP) is 12.9. The van der Waals surface area contributed by atoms with Crippen molar-refractivity contribution < 1.29 is 32.9 Å². The first-order valence-corrected chi connectivity index (χ1v) is 25.0. The van der Waals surface area contributed by atoms with E-state index in [-0.39, 0.29) is 19.1 Å². The Morgan fingerprint density at radius 1 is 0.600 bits per heavy atom. The van der Waals surface area contributed by atoms with Gasteiger partial charge in [-0.2, -0.15) is 0 Å². The summed E-state index contributed by atoms with van der Waals surface area (Å²) >= 11 is 0. The fourth-order valence-corrected chi connectivity index (χ4v) is 6.83. The molecular weight excluding hydrogens is 768 g/mol. The van der Waals surface area contributed by atoms with Gasteiger partial charge in [0.1, 0.15) is 13.2 Å². The summed E-state index contributed by atoms with van der Waals surface area (Å²) in [6, 6.07) is -0.829. The molecule has 0 aromatic rings. The summed E-state index contributed by atoms with van der Waals surface area (Å²) < 4.78 is 23.2. The molecular formula is C51H89N2O6P. The average Bonchev–Trinajstić information content (AvgIpc) is 3.20. The highest BCUT2D eigenvalue weighted by atomic mass is 31.2. The first kappa shape index (κ1) is 57.4. The normalized spacial score (nSPS) is 15.1. The van der Waals surface area contributed by atoms with Crippen LogP contribution in [0.1, 0.15) is 168 Å². The SMILES string of the molecule is CC/C=C\C/C=C\C/C=C\C/C=C\C/C=C\C/C=C\C/C=C\C/C=C\CCCCC(=O)NC(COP(=O)([O-])OCC[N+](C)(C)C)C(O)CCCCCCCCCCCCC. The Kier molecular flexibility index (Phi) is 40.0. The molecule has 0 aliphatic heterocycles. The maximum Gasteiger partial charge on any atom is 0.268 e. The molecule has 0 saturated carbocycles. The van der Waals surface area contributed by atoms with E-state index in [1.807, 2.05) is 21.1 Å². The molecule has 0 aliphatic carbocycles. The van der Waals surface area contributed by atoms with Crippen LogP contribution in [0, 0.1) is 0 Å². The molecule has 0 bridgehead atoms. The largest absolute Gasteiger partial charge is 0.756 e. The Morgan fingerprint density at radius 3 is 1.45 bits per heavy atom. The Balaban J connectivity index is 4.37. The van der Waals surface area contributed by atoms with Gasteiger partial charge < -0.3 is 28.8 Å². The van der Waals surface area contributed by atoms with Crippen molar-refractivity contribution in [1.82, 2.24) is 5.32 Å². The lowest BCUT2D eigenvalue weighted by Crippen LogP contribution is -2.46. The molecule has 0 radical (unpaired) electrons. The summed E-state index contributed by atoms with van der Waals surface area (Å²) in [4.78, 5) is 25.3. The maximum atomic E-state index is 12.9. The minimum atomic E-state index is -4.58. The molecule has 3 unspecified atom stereocenters. The quantitative estimate of drug-likeness (QED) is 0.0274. The van der Waals surface area contributed by atoms with Gasteiger partial charge in [0, 0.05) is 6.42 Å². The summed E-state index contributed by atoms with van der Waals surface area (Å²) in [5.41, 5.74) is 0. The van der Waals surface area contributed by atoms with Crippen molar-refractivity contribution in [2.24, 2.45) is 0 Å². The lowest BCUT2D eigenvalue weighted by molar-refractivity contribution is -0.870. The highest BCUT2D eigenvalue weighted by Crippen LogP contribution is 2.38. The number of hydrogen-bond donors (Lipinski definition) is 2. The van der Waals surface area contributed by atoms with Crippen molar-refractivity contribution in [2.75, 3.05) is 40.9 Å². The van der Waals surface area contributed by atoms with Crippen molar-refractivity contribution in [1.29, 1.82) is 0 Å². The number of nitrogens with zero attached hydrogens (tertiary/aromatic N) is 1. The third-order valence-corrected chi connectivity index (χ3v) is 10.8. The molecule has 8 nitrogen and oxygen atoms in total. The standard InChI is InChI=1S/C51H89N2O6P/c1-6-8-10-12-14-16-18-19-20-21-22-23-24-25-26-27-28-29-30-31-32-33-35-37-39-41-43-45-51(55)52-49(48-59-60(56,57)58-47-46-53(3,4)5)50(54)44-42-40-38-36-34-17-15-13-11-9-7-2/h8,10,14,16,19-20,22-23,25-26,28-29,31-32,35,37,49-50,54H,6-7,9,11-13,15,17-18,21,24,27,30,33-34,36,38-48H2,1-5H3,(H-,52,55,56,57)/b10-8-,16-14-,20-19-,23-22-,26-25-,29-28-,32-31-,37-35-. The Morgan fingerprint density at radius 2 is 1.02 bits per heavy atom. The fourth-order valence-electron chi connectivity index (χ4n) is 6.11. The number of nitrogens with one attached hydrogen (secondary N) is 1. The molecule has 0 aliphatic rings. The van der Waals surface area contributed by atoms with Crippen LogP contribution < -0.4 is 10.2 Å². The second kappa shape index (κ2) is 41.8. The zero-order chi connectivity index (χ0) is 44.3. The Hall–Kier alpha value is -2.58. The number of phosphoric acid groups is 1. The zero-order valence-corrected chi connectivity index (χ0v) is 39.8. The molecule has 2 N–H and O–H groups in total. The molecule has 0 spiro atoms. The van der Waals surface area contributed by atoms with Crippen molar-refractivity contribution in [2.45, 2.75) is 180 Å². The third kappa shape index (κ3) is 43.5. The molecule has 344 valence electrons. The molecule has 0 fully saturated rings. The van der Waals surface area contributed by atoms with Gasteiger partial charge in [-0.1, -0.05) is 182 Å². The number of aliphatic hydroxyl groups is 1. The molecule has 0 rings (SSSR count). The van der Waals surface area contributed by atoms with Crippen molar-refractivity contribution >= 4 is 13.7 Å². The van der Waals surface area contributed by atoms with Gasteiger partial charge in [-0.25, -0.2) is 0 Å². The predicted molar refractivity (Wildman–Crippen MR) is 256 cm³/mol. The molecule has 3 atom stereocenters. The van der Waals surface area contributed by atoms with E-state index in [0.717, 1.165) is 83.5 Å². The van der Waals surface area contributed by atoms with Gasteiger partial charge in [0.25, 0.3) is 7.82 Å². The van der Waals surface area contributed by atoms with E-state index in [2.05, 4.69) is 116 Å². The van der Waals surface area contributed by atoms with Crippen molar-refractivity contribution in [3.8, 4) is 0 Å². The highest BCUT2D eigenvalue weighted by molar-refractivity contribution is 7.45. The highest BCUT2D eigenvalue weighted by Gasteiger charge is 2.24. The summed E-state index contributed by atoms with van der Waals surface area (Å²) in [5, 5.41) is 13.9. The van der Waals surface area contributed by atoms with Gasteiger partial charge in [0.15, 0.2) is 0 Å². The van der Waals surface area contributed by atoms with Crippen LogP contribution in [-0.2, 0) is 18.4 Å². The van der Waals surface area contributed by atoms with Crippen LogP contribution in [0.4, 0.5) is 0 Å². The van der Waals surface area contributed by atoms with Crippen LogP contribution in [0.25, 0.3) is 0 Å². The van der Waals surface area contributed by atoms with Gasteiger partial charge in [-0.3, -0.25) is 9.36 Å². The first-order valence-electron chi connectivity index (χ1n) is 23.6. The minimum absolute atomic E-state index is 0.00233. The van der Waals surface area contributed by atoms with Crippen molar-refractivity contribution in [3.05, 3.63) is 97.2 Å². The first-order chi connectivity index (χ1) is 29.0. The molecule has 0 saturated heterocycles. The van der Waals surface area contributed by atoms with E-state index < -0.39 is 20.0 Å². The number of likely N-dealkylation sites (N-methyl/N-ethyl adjacent to an activating group) is 1. The monoisotopic (exact) mass is 857 g/mol. The second-order valence-corrected chi connectivity index (χ2v) is 18.1. The van der Waals surface area contributed by atoms with Crippen LogP contribution in [0.15, 0.2) is 97.2 Å². The number of unbranched alkanes of at least 4 members (excludes halogenated alkanes) is 12. The van der Waals surface area contributed by atoms with E-state index in [1.165, 1.54) is 51.4 Å². The molecule has 0 heterocycles. The van der Waals surface area contributed by atoms with E-state index in [9.17, 15) is 19.4 Å². The molecule has 60 heavy (non-hydrogen) atoms. The van der Waals surface area contributed by atoms with Gasteiger partial charge >= 0.3 is 0 Å². The Labute approximate surface area is 369 Å². The number of allylic oxidation sites excluding steroid dienone is 16. The number of hydrogen-bond acceptors (Lipinski definition) is 6. The summed E-state index contributed by atoms with van der Waals surface area (Å²) in [6.07, 6.45) is 58.5. The summed E-state index contributed by atoms with van der Waals surface area (Å²) in [5.74, 6) is -0.213. The van der Waals surface area contributed by atoms with Crippen LogP contribution >= 0.6 is 7.82 Å². The second-order valence-electron chi connectivity index (χ2n) is 16.7. The summed E-state index contributed by atoms with van der Waals surface area (Å²) in [7, 11) is 1.26. The van der Waals surface area contributed by atoms with Crippen LogP contribution in [-0.4, -0.2) is 68.5 Å². The number of aliphatic hydroxyl groups excluding tert-OH is 1. The van der Waals surface area contributed by atoms with E-state index in [4.69, 9.17) is 9.05 Å². The maximum absolute atomic E-state index is 12.9. The number of carbonyl (C=O) groups excluding carboxylic acids is 1. The smallest absolute Gasteiger partial charge is 0.268 e.